The molecule has 98 valence electrons. The summed E-state index contributed by atoms with van der Waals surface area (Å²) >= 11 is 0. The molecule has 0 aromatic carbocycles. The van der Waals surface area contributed by atoms with E-state index in [1.54, 1.807) is 0 Å². The molecular formula is C6H18N4O6. The predicted octanol–water partition coefficient (Wildman–Crippen LogP) is -0.586. The summed E-state index contributed by atoms with van der Waals surface area (Å²) in [7, 11) is 8.35. The van der Waals surface area contributed by atoms with Gasteiger partial charge in [-0.25, -0.2) is 0 Å². The van der Waals surface area contributed by atoms with Crippen LogP contribution in [0.25, 0.3) is 0 Å². The SMILES string of the molecule is CN(C)CCN(C)C.O=[N+]([O-])O.O=[N+]([O-])O. The first kappa shape index (κ1) is 19.8. The monoisotopic (exact) mass is 242 g/mol. The van der Waals surface area contributed by atoms with Crippen molar-refractivity contribution in [2.24, 2.45) is 0 Å². The van der Waals surface area contributed by atoms with Crippen molar-refractivity contribution in [1.82, 2.24) is 9.80 Å². The molecule has 0 spiro atoms. The maximum atomic E-state index is 8.36. The van der Waals surface area contributed by atoms with Crippen LogP contribution in [0.1, 0.15) is 0 Å². The van der Waals surface area contributed by atoms with Crippen LogP contribution >= 0.6 is 0 Å². The van der Waals surface area contributed by atoms with Gasteiger partial charge in [-0.3, -0.25) is 0 Å². The molecule has 0 radical (unpaired) electrons. The summed E-state index contributed by atoms with van der Waals surface area (Å²) in [5.74, 6) is 0. The van der Waals surface area contributed by atoms with Crippen molar-refractivity contribution in [2.45, 2.75) is 0 Å². The van der Waals surface area contributed by atoms with E-state index in [4.69, 9.17) is 30.6 Å². The molecule has 0 rings (SSSR count). The van der Waals surface area contributed by atoms with E-state index in [1.807, 2.05) is 0 Å². The topological polar surface area (TPSA) is 133 Å². The van der Waals surface area contributed by atoms with E-state index in [-0.39, 0.29) is 0 Å². The van der Waals surface area contributed by atoms with E-state index < -0.39 is 10.2 Å². The van der Waals surface area contributed by atoms with Gasteiger partial charge in [0.1, 0.15) is 0 Å². The maximum Gasteiger partial charge on any atom is 0.291 e. The first-order valence-corrected chi connectivity index (χ1v) is 4.05. The normalized spacial score (nSPS) is 8.62. The highest BCUT2D eigenvalue weighted by molar-refractivity contribution is 4.45. The lowest BCUT2D eigenvalue weighted by Crippen LogP contribution is -2.25. The summed E-state index contributed by atoms with van der Waals surface area (Å²) in [4.78, 5) is 21.1. The Labute approximate surface area is 92.9 Å². The van der Waals surface area contributed by atoms with Gasteiger partial charge in [-0.15, -0.1) is 20.2 Å². The second-order valence-corrected chi connectivity index (χ2v) is 3.08. The van der Waals surface area contributed by atoms with Crippen LogP contribution in [-0.2, 0) is 0 Å². The number of likely N-dealkylation sites (N-methyl/N-ethyl adjacent to an activating group) is 2. The fourth-order valence-corrected chi connectivity index (χ4v) is 0.400. The van der Waals surface area contributed by atoms with Crippen LogP contribution in [0.2, 0.25) is 0 Å². The molecule has 0 unspecified atom stereocenters. The van der Waals surface area contributed by atoms with Gasteiger partial charge in [-0.2, -0.15) is 0 Å². The van der Waals surface area contributed by atoms with Gasteiger partial charge >= 0.3 is 0 Å². The van der Waals surface area contributed by atoms with Crippen molar-refractivity contribution < 1.29 is 20.6 Å². The molecular weight excluding hydrogens is 224 g/mol. The van der Waals surface area contributed by atoms with Crippen LogP contribution in [0, 0.1) is 20.2 Å². The van der Waals surface area contributed by atoms with Crippen molar-refractivity contribution in [2.75, 3.05) is 41.3 Å². The molecule has 0 atom stereocenters. The van der Waals surface area contributed by atoms with Crippen molar-refractivity contribution in [3.05, 3.63) is 20.2 Å². The Hall–Kier alpha value is -1.68. The molecule has 0 aliphatic carbocycles. The van der Waals surface area contributed by atoms with Gasteiger partial charge in [0.2, 0.25) is 0 Å². The maximum absolute atomic E-state index is 8.36. The lowest BCUT2D eigenvalue weighted by molar-refractivity contribution is -0.742. The van der Waals surface area contributed by atoms with Crippen molar-refractivity contribution >= 4 is 0 Å². The zero-order valence-electron chi connectivity index (χ0n) is 9.73. The number of hydrogen-bond donors (Lipinski definition) is 2. The van der Waals surface area contributed by atoms with E-state index >= 15 is 0 Å². The molecule has 10 nitrogen and oxygen atoms in total. The molecule has 0 aromatic heterocycles. The molecule has 2 N–H and O–H groups in total. The summed E-state index contributed by atoms with van der Waals surface area (Å²) in [6.07, 6.45) is 0. The largest absolute Gasteiger partial charge is 0.328 e. The van der Waals surface area contributed by atoms with Crippen molar-refractivity contribution in [3.63, 3.8) is 0 Å². The molecule has 0 aliphatic heterocycles. The molecule has 0 fully saturated rings. The fourth-order valence-electron chi connectivity index (χ4n) is 0.400. The average Bonchev–Trinajstić information content (AvgIpc) is 1.98. The number of hydrogen-bond acceptors (Lipinski definition) is 6. The lowest BCUT2D eigenvalue weighted by Gasteiger charge is -2.13. The Morgan fingerprint density at radius 3 is 1.06 bits per heavy atom. The van der Waals surface area contributed by atoms with Gasteiger partial charge < -0.3 is 20.2 Å². The van der Waals surface area contributed by atoms with Crippen LogP contribution in [0.15, 0.2) is 0 Å². The lowest BCUT2D eigenvalue weighted by atomic mass is 10.5. The van der Waals surface area contributed by atoms with Gasteiger partial charge in [-0.1, -0.05) is 0 Å². The molecule has 16 heavy (non-hydrogen) atoms. The van der Waals surface area contributed by atoms with Gasteiger partial charge in [0.15, 0.2) is 0 Å². The van der Waals surface area contributed by atoms with Gasteiger partial charge in [0.05, 0.1) is 0 Å². The minimum absolute atomic E-state index is 1.15. The van der Waals surface area contributed by atoms with Crippen LogP contribution in [0.3, 0.4) is 0 Å². The minimum atomic E-state index is -1.50. The van der Waals surface area contributed by atoms with E-state index in [9.17, 15) is 0 Å². The summed E-state index contributed by atoms with van der Waals surface area (Å²) in [6.45, 7) is 2.29. The molecule has 0 aromatic rings. The number of rotatable bonds is 3. The van der Waals surface area contributed by atoms with Crippen LogP contribution in [0.5, 0.6) is 0 Å². The molecule has 0 bridgehead atoms. The predicted molar refractivity (Wildman–Crippen MR) is 54.7 cm³/mol. The molecule has 0 aliphatic rings. The Morgan fingerprint density at radius 1 is 0.875 bits per heavy atom. The zero-order valence-corrected chi connectivity index (χ0v) is 9.73. The van der Waals surface area contributed by atoms with E-state index in [2.05, 4.69) is 38.0 Å². The first-order chi connectivity index (χ1) is 7.09. The second-order valence-electron chi connectivity index (χ2n) is 3.08. The highest BCUT2D eigenvalue weighted by Crippen LogP contribution is 1.76. The van der Waals surface area contributed by atoms with Gasteiger partial charge in [0, 0.05) is 13.1 Å². The van der Waals surface area contributed by atoms with E-state index in [0.29, 0.717) is 0 Å². The molecule has 0 saturated heterocycles. The molecule has 0 saturated carbocycles. The summed E-state index contributed by atoms with van der Waals surface area (Å²) < 4.78 is 0. The Bertz CT molecular complexity index is 158. The number of nitrogens with zero attached hydrogens (tertiary/aromatic N) is 4. The third kappa shape index (κ3) is 143. The Kier molecular flexibility index (Phi) is 16.5. The van der Waals surface area contributed by atoms with Crippen LogP contribution < -0.4 is 0 Å². The Morgan fingerprint density at radius 2 is 1.00 bits per heavy atom. The zero-order chi connectivity index (χ0) is 13.7. The molecule has 10 heteroatoms. The van der Waals surface area contributed by atoms with Crippen LogP contribution in [0.4, 0.5) is 0 Å². The van der Waals surface area contributed by atoms with E-state index in [0.717, 1.165) is 13.1 Å². The Balaban J connectivity index is -0.000000179. The highest BCUT2D eigenvalue weighted by atomic mass is 16.9. The quantitative estimate of drug-likeness (QED) is 0.495. The third-order valence-corrected chi connectivity index (χ3v) is 0.994. The van der Waals surface area contributed by atoms with Gasteiger partial charge in [0.25, 0.3) is 10.2 Å². The summed E-state index contributed by atoms with van der Waals surface area (Å²) in [5.41, 5.74) is 0. The first-order valence-electron chi connectivity index (χ1n) is 4.05. The highest BCUT2D eigenvalue weighted by Gasteiger charge is 1.89. The molecule has 0 amide bonds. The van der Waals surface area contributed by atoms with Crippen molar-refractivity contribution in [3.8, 4) is 0 Å². The standard InChI is InChI=1S/C6H16N2.2HNO3/c1-7(2)5-6-8(3)4;2*2-1(3)4/h5-6H2,1-4H3;2*(H,2,3,4). The second kappa shape index (κ2) is 13.3. The van der Waals surface area contributed by atoms with Crippen LogP contribution in [-0.4, -0.2) is 71.7 Å². The summed E-state index contributed by atoms with van der Waals surface area (Å²) in [5, 5.41) is 27.3. The van der Waals surface area contributed by atoms with E-state index in [1.165, 1.54) is 0 Å². The summed E-state index contributed by atoms with van der Waals surface area (Å²) in [6, 6.07) is 0. The van der Waals surface area contributed by atoms with Crippen molar-refractivity contribution in [1.29, 1.82) is 0 Å². The average molecular weight is 242 g/mol. The fraction of sp³-hybridized carbons (Fsp3) is 1.00. The smallest absolute Gasteiger partial charge is 0.291 e. The molecule has 0 heterocycles. The van der Waals surface area contributed by atoms with Gasteiger partial charge in [-0.05, 0) is 28.2 Å². The third-order valence-electron chi connectivity index (χ3n) is 0.994. The minimum Gasteiger partial charge on any atom is -0.328 e.